The van der Waals surface area contributed by atoms with Crippen molar-refractivity contribution in [3.05, 3.63) is 41.5 Å². The number of fused-ring (bicyclic) bond motifs is 1. The smallest absolute Gasteiger partial charge is 0.420 e. The fourth-order valence-corrected chi connectivity index (χ4v) is 3.89. The Hall–Kier alpha value is -2.24. The molecule has 0 aromatic heterocycles. The quantitative estimate of drug-likeness (QED) is 0.732. The van der Waals surface area contributed by atoms with Crippen LogP contribution in [0.1, 0.15) is 55.5 Å². The van der Waals surface area contributed by atoms with Crippen LogP contribution in [0.3, 0.4) is 0 Å². The standard InChI is InChI=1S/C20H21F3O3/c1-12(2)19(9-5-6-10-19)26-16-11-15(18(24)25)13-7-3-4-8-14(13)17(16)20(21,22)23/h3-4,7-8,11-12H,5-6,9-10H2,1-2H3,(H,24,25). The van der Waals surface area contributed by atoms with Crippen LogP contribution >= 0.6 is 0 Å². The SMILES string of the molecule is CC(C)C1(Oc2cc(C(=O)O)c3ccccc3c2C(F)(F)F)CCCC1. The topological polar surface area (TPSA) is 46.5 Å². The van der Waals surface area contributed by atoms with Gasteiger partial charge >= 0.3 is 12.1 Å². The van der Waals surface area contributed by atoms with Crippen LogP contribution in [0.25, 0.3) is 10.8 Å². The van der Waals surface area contributed by atoms with Crippen molar-refractivity contribution in [3.8, 4) is 5.75 Å². The number of alkyl halides is 3. The van der Waals surface area contributed by atoms with Crippen LogP contribution < -0.4 is 4.74 Å². The predicted octanol–water partition coefficient (Wildman–Crippen LogP) is 5.90. The maximum Gasteiger partial charge on any atom is 0.420 e. The summed E-state index contributed by atoms with van der Waals surface area (Å²) in [6.45, 7) is 3.86. The summed E-state index contributed by atoms with van der Waals surface area (Å²) in [5, 5.41) is 9.41. The number of carboxylic acid groups (broad SMARTS) is 1. The highest BCUT2D eigenvalue weighted by Gasteiger charge is 2.43. The average Bonchev–Trinajstić information content (AvgIpc) is 3.02. The molecule has 0 saturated heterocycles. The highest BCUT2D eigenvalue weighted by Crippen LogP contribution is 2.47. The van der Waals surface area contributed by atoms with E-state index in [2.05, 4.69) is 0 Å². The maximum atomic E-state index is 13.9. The zero-order valence-electron chi connectivity index (χ0n) is 14.7. The molecule has 0 atom stereocenters. The molecule has 0 radical (unpaired) electrons. The van der Waals surface area contributed by atoms with Crippen molar-refractivity contribution in [2.75, 3.05) is 0 Å². The van der Waals surface area contributed by atoms with Crippen molar-refractivity contribution in [3.63, 3.8) is 0 Å². The molecule has 0 heterocycles. The first-order chi connectivity index (χ1) is 12.2. The minimum atomic E-state index is -4.65. The fraction of sp³-hybridized carbons (Fsp3) is 0.450. The molecule has 1 aliphatic carbocycles. The van der Waals surface area contributed by atoms with E-state index in [1.54, 1.807) is 0 Å². The summed E-state index contributed by atoms with van der Waals surface area (Å²) in [6, 6.07) is 6.73. The number of benzene rings is 2. The second-order valence-corrected chi connectivity index (χ2v) is 7.17. The van der Waals surface area contributed by atoms with Crippen LogP contribution in [-0.4, -0.2) is 16.7 Å². The van der Waals surface area contributed by atoms with Crippen molar-refractivity contribution in [1.29, 1.82) is 0 Å². The molecule has 140 valence electrons. The van der Waals surface area contributed by atoms with Crippen LogP contribution in [0.5, 0.6) is 5.75 Å². The van der Waals surface area contributed by atoms with Gasteiger partial charge in [0.25, 0.3) is 0 Å². The predicted molar refractivity (Wildman–Crippen MR) is 92.6 cm³/mol. The van der Waals surface area contributed by atoms with E-state index in [0.29, 0.717) is 12.8 Å². The first kappa shape index (κ1) is 18.5. The van der Waals surface area contributed by atoms with Gasteiger partial charge in [-0.05, 0) is 48.4 Å². The van der Waals surface area contributed by atoms with Crippen LogP contribution in [-0.2, 0) is 6.18 Å². The first-order valence-corrected chi connectivity index (χ1v) is 8.71. The zero-order chi connectivity index (χ0) is 19.1. The van der Waals surface area contributed by atoms with Gasteiger partial charge in [0.15, 0.2) is 0 Å². The molecule has 26 heavy (non-hydrogen) atoms. The number of carboxylic acids is 1. The highest BCUT2D eigenvalue weighted by atomic mass is 19.4. The highest BCUT2D eigenvalue weighted by molar-refractivity contribution is 6.06. The summed E-state index contributed by atoms with van der Waals surface area (Å²) in [7, 11) is 0. The van der Waals surface area contributed by atoms with Crippen LogP contribution in [0.4, 0.5) is 13.2 Å². The summed E-state index contributed by atoms with van der Waals surface area (Å²) < 4.78 is 47.6. The van der Waals surface area contributed by atoms with Gasteiger partial charge in [-0.3, -0.25) is 0 Å². The Morgan fingerprint density at radius 2 is 1.73 bits per heavy atom. The van der Waals surface area contributed by atoms with Gasteiger partial charge in [0.2, 0.25) is 0 Å². The number of rotatable bonds is 4. The number of hydrogen-bond acceptors (Lipinski definition) is 2. The Kier molecular flexibility index (Phi) is 4.63. The molecule has 1 N–H and O–H groups in total. The van der Waals surface area contributed by atoms with E-state index in [1.807, 2.05) is 13.8 Å². The van der Waals surface area contributed by atoms with Gasteiger partial charge in [-0.15, -0.1) is 0 Å². The van der Waals surface area contributed by atoms with E-state index >= 15 is 0 Å². The van der Waals surface area contributed by atoms with Crippen molar-refractivity contribution in [1.82, 2.24) is 0 Å². The molecule has 0 bridgehead atoms. The summed E-state index contributed by atoms with van der Waals surface area (Å²) in [5.74, 6) is -1.64. The molecule has 3 rings (SSSR count). The molecule has 0 aliphatic heterocycles. The van der Waals surface area contributed by atoms with Crippen molar-refractivity contribution in [2.24, 2.45) is 5.92 Å². The van der Waals surface area contributed by atoms with Gasteiger partial charge in [0, 0.05) is 0 Å². The van der Waals surface area contributed by atoms with Crippen LogP contribution in [0.2, 0.25) is 0 Å². The number of carbonyl (C=O) groups is 1. The number of hydrogen-bond donors (Lipinski definition) is 1. The van der Waals surface area contributed by atoms with E-state index in [4.69, 9.17) is 4.74 Å². The zero-order valence-corrected chi connectivity index (χ0v) is 14.7. The fourth-order valence-electron chi connectivity index (χ4n) is 3.89. The largest absolute Gasteiger partial charge is 0.486 e. The second kappa shape index (κ2) is 6.49. The second-order valence-electron chi connectivity index (χ2n) is 7.17. The third-order valence-corrected chi connectivity index (χ3v) is 5.34. The molecule has 1 fully saturated rings. The molecule has 0 spiro atoms. The molecular formula is C20H21F3O3. The summed E-state index contributed by atoms with van der Waals surface area (Å²) in [6.07, 6.45) is -1.55. The molecule has 6 heteroatoms. The average molecular weight is 366 g/mol. The van der Waals surface area contributed by atoms with Crippen molar-refractivity contribution >= 4 is 16.7 Å². The lowest BCUT2D eigenvalue weighted by atomic mass is 9.88. The Bertz CT molecular complexity index is 834. The Balaban J connectivity index is 2.28. The van der Waals surface area contributed by atoms with Gasteiger partial charge in [-0.25, -0.2) is 4.79 Å². The van der Waals surface area contributed by atoms with Crippen molar-refractivity contribution < 1.29 is 27.8 Å². The van der Waals surface area contributed by atoms with Crippen LogP contribution in [0, 0.1) is 5.92 Å². The van der Waals surface area contributed by atoms with E-state index < -0.39 is 23.3 Å². The molecule has 3 nitrogen and oxygen atoms in total. The number of halogens is 3. The minimum absolute atomic E-state index is 0.0193. The Labute approximate surface area is 149 Å². The molecular weight excluding hydrogens is 345 g/mol. The third-order valence-electron chi connectivity index (χ3n) is 5.34. The van der Waals surface area contributed by atoms with Gasteiger partial charge in [0.1, 0.15) is 16.9 Å². The van der Waals surface area contributed by atoms with Crippen molar-refractivity contribution in [2.45, 2.75) is 51.3 Å². The van der Waals surface area contributed by atoms with E-state index in [9.17, 15) is 23.1 Å². The van der Waals surface area contributed by atoms with Crippen LogP contribution in [0.15, 0.2) is 30.3 Å². The van der Waals surface area contributed by atoms with E-state index in [1.165, 1.54) is 24.3 Å². The molecule has 0 amide bonds. The monoisotopic (exact) mass is 366 g/mol. The lowest BCUT2D eigenvalue weighted by Crippen LogP contribution is -2.39. The first-order valence-electron chi connectivity index (χ1n) is 8.71. The normalized spacial score (nSPS) is 17.0. The van der Waals surface area contributed by atoms with Gasteiger partial charge in [0.05, 0.1) is 5.56 Å². The number of aromatic carboxylic acids is 1. The molecule has 2 aromatic carbocycles. The summed E-state index contributed by atoms with van der Waals surface area (Å²) in [5.41, 5.74) is -1.77. The van der Waals surface area contributed by atoms with Gasteiger partial charge in [-0.1, -0.05) is 38.1 Å². The van der Waals surface area contributed by atoms with E-state index in [-0.39, 0.29) is 28.0 Å². The van der Waals surface area contributed by atoms with E-state index in [0.717, 1.165) is 18.9 Å². The lowest BCUT2D eigenvalue weighted by molar-refractivity contribution is -0.139. The lowest BCUT2D eigenvalue weighted by Gasteiger charge is -2.35. The Morgan fingerprint density at radius 3 is 2.23 bits per heavy atom. The Morgan fingerprint density at radius 1 is 1.15 bits per heavy atom. The minimum Gasteiger partial charge on any atom is -0.486 e. The van der Waals surface area contributed by atoms with Gasteiger partial charge < -0.3 is 9.84 Å². The van der Waals surface area contributed by atoms with Gasteiger partial charge in [-0.2, -0.15) is 13.2 Å². The molecule has 0 unspecified atom stereocenters. The molecule has 1 saturated carbocycles. The molecule has 1 aliphatic rings. The maximum absolute atomic E-state index is 13.9. The summed E-state index contributed by atoms with van der Waals surface area (Å²) in [4.78, 5) is 11.6. The number of ether oxygens (including phenoxy) is 1. The summed E-state index contributed by atoms with van der Waals surface area (Å²) >= 11 is 0. The third kappa shape index (κ3) is 3.13. The molecule has 2 aromatic rings.